The van der Waals surface area contributed by atoms with E-state index in [0.717, 1.165) is 18.7 Å². The molecule has 2 N–H and O–H groups in total. The second kappa shape index (κ2) is 13.7. The SMILES string of the molecule is CCCCCCNCc1ccc(OCC(=O)NC(C)(C)C)c(OCC)c1.Cl. The smallest absolute Gasteiger partial charge is 0.258 e. The van der Waals surface area contributed by atoms with Gasteiger partial charge in [-0.15, -0.1) is 12.4 Å². The van der Waals surface area contributed by atoms with Crippen molar-refractivity contribution in [3.8, 4) is 11.5 Å². The number of carbonyl (C=O) groups excluding carboxylic acids is 1. The number of amides is 1. The zero-order valence-corrected chi connectivity index (χ0v) is 18.3. The minimum atomic E-state index is -0.268. The summed E-state index contributed by atoms with van der Waals surface area (Å²) in [6.45, 7) is 12.4. The summed E-state index contributed by atoms with van der Waals surface area (Å²) in [7, 11) is 0. The Morgan fingerprint density at radius 3 is 2.41 bits per heavy atom. The van der Waals surface area contributed by atoms with Gasteiger partial charge in [0, 0.05) is 12.1 Å². The molecule has 0 atom stereocenters. The summed E-state index contributed by atoms with van der Waals surface area (Å²) in [4.78, 5) is 11.9. The maximum Gasteiger partial charge on any atom is 0.258 e. The van der Waals surface area contributed by atoms with Crippen LogP contribution in [0, 0.1) is 0 Å². The molecule has 156 valence electrons. The molecule has 1 aromatic rings. The van der Waals surface area contributed by atoms with Crippen LogP contribution in [0.3, 0.4) is 0 Å². The Kier molecular flexibility index (Phi) is 12.9. The molecular weight excluding hydrogens is 364 g/mol. The highest BCUT2D eigenvalue weighted by atomic mass is 35.5. The predicted octanol–water partition coefficient (Wildman–Crippen LogP) is 4.47. The van der Waals surface area contributed by atoms with Gasteiger partial charge in [-0.3, -0.25) is 4.79 Å². The molecule has 0 heterocycles. The largest absolute Gasteiger partial charge is 0.490 e. The van der Waals surface area contributed by atoms with E-state index in [1.54, 1.807) is 0 Å². The third-order valence-corrected chi connectivity index (χ3v) is 3.72. The summed E-state index contributed by atoms with van der Waals surface area (Å²) in [5, 5.41) is 6.35. The fourth-order valence-corrected chi connectivity index (χ4v) is 2.56. The van der Waals surface area contributed by atoms with E-state index >= 15 is 0 Å². The number of hydrogen-bond donors (Lipinski definition) is 2. The van der Waals surface area contributed by atoms with Crippen molar-refractivity contribution in [3.63, 3.8) is 0 Å². The maximum absolute atomic E-state index is 11.9. The van der Waals surface area contributed by atoms with E-state index < -0.39 is 0 Å². The van der Waals surface area contributed by atoms with Crippen molar-refractivity contribution in [2.24, 2.45) is 0 Å². The first-order valence-electron chi connectivity index (χ1n) is 9.76. The average molecular weight is 401 g/mol. The van der Waals surface area contributed by atoms with Gasteiger partial charge in [0.25, 0.3) is 5.91 Å². The summed E-state index contributed by atoms with van der Waals surface area (Å²) in [6, 6.07) is 5.88. The molecule has 0 aliphatic heterocycles. The van der Waals surface area contributed by atoms with Crippen molar-refractivity contribution < 1.29 is 14.3 Å². The molecule has 1 aromatic carbocycles. The monoisotopic (exact) mass is 400 g/mol. The normalized spacial score (nSPS) is 10.9. The van der Waals surface area contributed by atoms with Crippen molar-refractivity contribution >= 4 is 18.3 Å². The molecule has 0 aliphatic carbocycles. The molecular formula is C21H37ClN2O3. The predicted molar refractivity (Wildman–Crippen MR) is 114 cm³/mol. The molecule has 0 radical (unpaired) electrons. The molecule has 0 saturated heterocycles. The second-order valence-electron chi connectivity index (χ2n) is 7.54. The van der Waals surface area contributed by atoms with E-state index in [2.05, 4.69) is 17.6 Å². The molecule has 0 aliphatic rings. The highest BCUT2D eigenvalue weighted by Gasteiger charge is 2.15. The van der Waals surface area contributed by atoms with Crippen LogP contribution in [0.2, 0.25) is 0 Å². The number of nitrogens with one attached hydrogen (secondary N) is 2. The van der Waals surface area contributed by atoms with Gasteiger partial charge in [-0.1, -0.05) is 32.3 Å². The minimum absolute atomic E-state index is 0. The third kappa shape index (κ3) is 11.8. The van der Waals surface area contributed by atoms with Gasteiger partial charge in [-0.2, -0.15) is 0 Å². The molecule has 0 unspecified atom stereocenters. The number of hydrogen-bond acceptors (Lipinski definition) is 4. The van der Waals surface area contributed by atoms with Gasteiger partial charge >= 0.3 is 0 Å². The molecule has 0 saturated carbocycles. The number of halogens is 1. The summed E-state index contributed by atoms with van der Waals surface area (Å²) < 4.78 is 11.4. The Labute approximate surface area is 171 Å². The van der Waals surface area contributed by atoms with E-state index in [9.17, 15) is 4.79 Å². The van der Waals surface area contributed by atoms with Crippen molar-refractivity contribution in [1.29, 1.82) is 0 Å². The van der Waals surface area contributed by atoms with E-state index in [1.807, 2.05) is 45.9 Å². The summed E-state index contributed by atoms with van der Waals surface area (Å²) in [5.74, 6) is 1.14. The lowest BCUT2D eigenvalue weighted by Gasteiger charge is -2.21. The van der Waals surface area contributed by atoms with E-state index in [0.29, 0.717) is 18.1 Å². The molecule has 1 amide bonds. The van der Waals surface area contributed by atoms with Crippen LogP contribution in [0.25, 0.3) is 0 Å². The van der Waals surface area contributed by atoms with Crippen molar-refractivity contribution in [2.75, 3.05) is 19.8 Å². The van der Waals surface area contributed by atoms with Gasteiger partial charge < -0.3 is 20.1 Å². The molecule has 27 heavy (non-hydrogen) atoms. The van der Waals surface area contributed by atoms with Gasteiger partial charge in [0.15, 0.2) is 18.1 Å². The quantitative estimate of drug-likeness (QED) is 0.508. The molecule has 0 spiro atoms. The van der Waals surface area contributed by atoms with Gasteiger partial charge in [0.05, 0.1) is 6.61 Å². The topological polar surface area (TPSA) is 59.6 Å². The summed E-state index contributed by atoms with van der Waals surface area (Å²) in [6.07, 6.45) is 5.03. The first-order chi connectivity index (χ1) is 12.4. The Morgan fingerprint density at radius 1 is 1.04 bits per heavy atom. The third-order valence-electron chi connectivity index (χ3n) is 3.72. The highest BCUT2D eigenvalue weighted by molar-refractivity contribution is 5.85. The fourth-order valence-electron chi connectivity index (χ4n) is 2.56. The lowest BCUT2D eigenvalue weighted by atomic mass is 10.1. The number of ether oxygens (including phenoxy) is 2. The van der Waals surface area contributed by atoms with Crippen LogP contribution in [-0.2, 0) is 11.3 Å². The number of rotatable bonds is 12. The average Bonchev–Trinajstić information content (AvgIpc) is 2.56. The standard InChI is InChI=1S/C21H36N2O3.ClH/c1-6-8-9-10-13-22-15-17-11-12-18(19(14-17)25-7-2)26-16-20(24)23-21(3,4)5;/h11-12,14,22H,6-10,13,15-16H2,1-5H3,(H,23,24);1H. The van der Waals surface area contributed by atoms with Crippen LogP contribution in [0.5, 0.6) is 11.5 Å². The number of benzene rings is 1. The maximum atomic E-state index is 11.9. The molecule has 0 fully saturated rings. The summed E-state index contributed by atoms with van der Waals surface area (Å²) >= 11 is 0. The van der Waals surface area contributed by atoms with E-state index in [1.165, 1.54) is 25.7 Å². The van der Waals surface area contributed by atoms with Crippen LogP contribution >= 0.6 is 12.4 Å². The Morgan fingerprint density at radius 2 is 1.78 bits per heavy atom. The number of carbonyl (C=O) groups is 1. The first-order valence-corrected chi connectivity index (χ1v) is 9.76. The van der Waals surface area contributed by atoms with Crippen LogP contribution in [0.4, 0.5) is 0 Å². The Bertz CT molecular complexity index is 545. The van der Waals surface area contributed by atoms with E-state index in [-0.39, 0.29) is 30.5 Å². The van der Waals surface area contributed by atoms with Gasteiger partial charge in [-0.25, -0.2) is 0 Å². The molecule has 1 rings (SSSR count). The van der Waals surface area contributed by atoms with Crippen molar-refractivity contribution in [1.82, 2.24) is 10.6 Å². The Balaban J connectivity index is 0.00000676. The second-order valence-corrected chi connectivity index (χ2v) is 7.54. The molecule has 6 heteroatoms. The van der Waals surface area contributed by atoms with Gasteiger partial charge in [0.2, 0.25) is 0 Å². The van der Waals surface area contributed by atoms with Gasteiger partial charge in [-0.05, 0) is 58.4 Å². The van der Waals surface area contributed by atoms with Crippen LogP contribution in [-0.4, -0.2) is 31.2 Å². The lowest BCUT2D eigenvalue weighted by Crippen LogP contribution is -2.43. The Hall–Kier alpha value is -1.46. The van der Waals surface area contributed by atoms with Gasteiger partial charge in [0.1, 0.15) is 0 Å². The van der Waals surface area contributed by atoms with Crippen LogP contribution in [0.15, 0.2) is 18.2 Å². The molecule has 0 aromatic heterocycles. The lowest BCUT2D eigenvalue weighted by molar-refractivity contribution is -0.124. The minimum Gasteiger partial charge on any atom is -0.490 e. The fraction of sp³-hybridized carbons (Fsp3) is 0.667. The van der Waals surface area contributed by atoms with Crippen LogP contribution in [0.1, 0.15) is 65.9 Å². The zero-order chi connectivity index (χ0) is 19.4. The highest BCUT2D eigenvalue weighted by Crippen LogP contribution is 2.28. The zero-order valence-electron chi connectivity index (χ0n) is 17.5. The molecule has 5 nitrogen and oxygen atoms in total. The van der Waals surface area contributed by atoms with E-state index in [4.69, 9.17) is 9.47 Å². The first kappa shape index (κ1) is 25.5. The van der Waals surface area contributed by atoms with Crippen molar-refractivity contribution in [2.45, 2.75) is 72.4 Å². The summed E-state index contributed by atoms with van der Waals surface area (Å²) in [5.41, 5.74) is 0.881. The van der Waals surface area contributed by atoms with Crippen LogP contribution < -0.4 is 20.1 Å². The number of unbranched alkanes of at least 4 members (excludes halogenated alkanes) is 3. The molecule has 0 bridgehead atoms. The van der Waals surface area contributed by atoms with Crippen molar-refractivity contribution in [3.05, 3.63) is 23.8 Å².